The van der Waals surface area contributed by atoms with Crippen LogP contribution in [-0.2, 0) is 23.9 Å². The van der Waals surface area contributed by atoms with Gasteiger partial charge in [0.05, 0.1) is 12.0 Å². The largest absolute Gasteiger partial charge is 0.490 e. The Kier molecular flexibility index (Phi) is 9.54. The van der Waals surface area contributed by atoms with E-state index in [0.29, 0.717) is 25.7 Å². The maximum Gasteiger partial charge on any atom is 0.490 e. The number of ether oxygens (including phenoxy) is 2. The molecule has 2 heterocycles. The van der Waals surface area contributed by atoms with Crippen LogP contribution < -0.4 is 0 Å². The van der Waals surface area contributed by atoms with Crippen LogP contribution in [0.5, 0.6) is 0 Å². The molecule has 0 aromatic rings. The molecule has 2 rings (SSSR count). The highest BCUT2D eigenvalue weighted by atomic mass is 19.4. The van der Waals surface area contributed by atoms with Gasteiger partial charge in [0, 0.05) is 45.2 Å². The number of alkyl halides is 3. The van der Waals surface area contributed by atoms with Crippen molar-refractivity contribution in [1.29, 1.82) is 0 Å². The van der Waals surface area contributed by atoms with E-state index in [1.807, 2.05) is 11.8 Å². The fourth-order valence-electron chi connectivity index (χ4n) is 3.91. The predicted octanol–water partition coefficient (Wildman–Crippen LogP) is 1.78. The van der Waals surface area contributed by atoms with Crippen molar-refractivity contribution < 1.29 is 42.1 Å². The lowest BCUT2D eigenvalue weighted by Gasteiger charge is -2.31. The second-order valence-electron chi connectivity index (χ2n) is 7.78. The Balaban J connectivity index is 0.000000553. The molecular weight excluding hydrogens is 409 g/mol. The number of carbonyl (C=O) groups excluding carboxylic acids is 2. The molecule has 0 spiro atoms. The molecule has 8 nitrogen and oxygen atoms in total. The van der Waals surface area contributed by atoms with Gasteiger partial charge in [-0.05, 0) is 33.6 Å². The Morgan fingerprint density at radius 2 is 1.83 bits per heavy atom. The quantitative estimate of drug-likeness (QED) is 0.651. The van der Waals surface area contributed by atoms with Gasteiger partial charge in [-0.15, -0.1) is 0 Å². The maximum atomic E-state index is 12.7. The lowest BCUT2D eigenvalue weighted by Crippen LogP contribution is -2.44. The van der Waals surface area contributed by atoms with E-state index in [1.54, 1.807) is 0 Å². The number of amides is 1. The third-order valence-electron chi connectivity index (χ3n) is 5.49. The number of nitrogens with zero attached hydrogens (tertiary/aromatic N) is 2. The number of fused-ring (bicyclic) bond motifs is 1. The molecule has 1 amide bonds. The van der Waals surface area contributed by atoms with Gasteiger partial charge >= 0.3 is 18.1 Å². The molecule has 11 heteroatoms. The molecule has 1 N–H and O–H groups in total. The minimum Gasteiger partial charge on any atom is -0.475 e. The highest BCUT2D eigenvalue weighted by molar-refractivity contribution is 5.80. The molecule has 2 aliphatic rings. The number of carboxylic acids is 1. The summed E-state index contributed by atoms with van der Waals surface area (Å²) < 4.78 is 42.1. The van der Waals surface area contributed by atoms with Crippen LogP contribution in [0.2, 0.25) is 0 Å². The average molecular weight is 440 g/mol. The summed E-state index contributed by atoms with van der Waals surface area (Å²) in [5.41, 5.74) is -0.470. The van der Waals surface area contributed by atoms with Gasteiger partial charge in [0.15, 0.2) is 0 Å². The summed E-state index contributed by atoms with van der Waals surface area (Å²) >= 11 is 0. The summed E-state index contributed by atoms with van der Waals surface area (Å²) in [7, 11) is 1.54. The zero-order valence-electron chi connectivity index (χ0n) is 17.8. The first-order valence-electron chi connectivity index (χ1n) is 9.87. The van der Waals surface area contributed by atoms with E-state index in [-0.39, 0.29) is 24.4 Å². The van der Waals surface area contributed by atoms with Crippen molar-refractivity contribution in [3.8, 4) is 0 Å². The van der Waals surface area contributed by atoms with Gasteiger partial charge in [0.25, 0.3) is 0 Å². The Hall–Kier alpha value is -1.88. The van der Waals surface area contributed by atoms with Crippen LogP contribution in [0, 0.1) is 11.3 Å². The minimum atomic E-state index is -5.08. The number of carboxylic acid groups (broad SMARTS) is 1. The van der Waals surface area contributed by atoms with Crippen LogP contribution >= 0.6 is 0 Å². The monoisotopic (exact) mass is 440 g/mol. The van der Waals surface area contributed by atoms with Crippen LogP contribution in [0.15, 0.2) is 0 Å². The van der Waals surface area contributed by atoms with E-state index in [0.717, 1.165) is 25.9 Å². The molecule has 0 aliphatic carbocycles. The van der Waals surface area contributed by atoms with Crippen molar-refractivity contribution in [2.24, 2.45) is 11.3 Å². The van der Waals surface area contributed by atoms with Crippen molar-refractivity contribution in [1.82, 2.24) is 9.80 Å². The lowest BCUT2D eigenvalue weighted by molar-refractivity contribution is -0.192. The first-order chi connectivity index (χ1) is 13.9. The smallest absolute Gasteiger partial charge is 0.475 e. The van der Waals surface area contributed by atoms with E-state index in [2.05, 4.69) is 18.7 Å². The van der Waals surface area contributed by atoms with Gasteiger partial charge < -0.3 is 19.5 Å². The topological polar surface area (TPSA) is 96.4 Å². The van der Waals surface area contributed by atoms with Gasteiger partial charge in [0.1, 0.15) is 6.61 Å². The number of methoxy groups -OCH3 is 1. The average Bonchev–Trinajstić information content (AvgIpc) is 2.91. The summed E-state index contributed by atoms with van der Waals surface area (Å²) in [5.74, 6) is -2.70. The number of esters is 1. The molecule has 0 aromatic heterocycles. The molecular formula is C19H31F3N2O6. The molecule has 0 saturated carbocycles. The molecule has 0 aromatic carbocycles. The number of rotatable bonds is 5. The van der Waals surface area contributed by atoms with Crippen molar-refractivity contribution in [3.05, 3.63) is 0 Å². The first-order valence-corrected chi connectivity index (χ1v) is 9.87. The zero-order chi connectivity index (χ0) is 23.1. The van der Waals surface area contributed by atoms with E-state index in [4.69, 9.17) is 19.4 Å². The van der Waals surface area contributed by atoms with Gasteiger partial charge in [-0.25, -0.2) is 4.79 Å². The van der Waals surface area contributed by atoms with Gasteiger partial charge in [-0.1, -0.05) is 0 Å². The summed E-state index contributed by atoms with van der Waals surface area (Å²) in [6.45, 7) is 9.55. The van der Waals surface area contributed by atoms with Crippen LogP contribution in [0.1, 0.15) is 33.6 Å². The van der Waals surface area contributed by atoms with Crippen molar-refractivity contribution in [2.75, 3.05) is 46.5 Å². The number of likely N-dealkylation sites (tertiary alicyclic amines) is 2. The summed E-state index contributed by atoms with van der Waals surface area (Å²) in [6.07, 6.45) is -3.47. The van der Waals surface area contributed by atoms with E-state index in [1.165, 1.54) is 7.11 Å². The number of hydrogen-bond donors (Lipinski definition) is 1. The van der Waals surface area contributed by atoms with E-state index >= 15 is 0 Å². The molecule has 2 saturated heterocycles. The highest BCUT2D eigenvalue weighted by Gasteiger charge is 2.54. The minimum absolute atomic E-state index is 0.00940. The molecule has 0 radical (unpaired) electrons. The normalized spacial score (nSPS) is 24.5. The summed E-state index contributed by atoms with van der Waals surface area (Å²) in [5, 5.41) is 7.12. The molecule has 2 atom stereocenters. The SMILES string of the molecule is CCOC(=O)[C@]12CCCN(C(=O)COC)C[C@H]1CN(C(C)C)C2.O=C(O)C(F)(F)F. The number of carbonyl (C=O) groups is 3. The van der Waals surface area contributed by atoms with Gasteiger partial charge in [-0.2, -0.15) is 13.2 Å². The highest BCUT2D eigenvalue weighted by Crippen LogP contribution is 2.44. The number of aliphatic carboxylic acids is 1. The Labute approximate surface area is 174 Å². The maximum absolute atomic E-state index is 12.7. The summed E-state index contributed by atoms with van der Waals surface area (Å²) in [6, 6.07) is 0.386. The van der Waals surface area contributed by atoms with Gasteiger partial charge in [-0.3, -0.25) is 14.5 Å². The number of hydrogen-bond acceptors (Lipinski definition) is 6. The molecule has 174 valence electrons. The van der Waals surface area contributed by atoms with Crippen molar-refractivity contribution >= 4 is 17.8 Å². The summed E-state index contributed by atoms with van der Waals surface area (Å²) in [4.78, 5) is 38.1. The molecule has 0 unspecified atom stereocenters. The van der Waals surface area contributed by atoms with E-state index in [9.17, 15) is 22.8 Å². The predicted molar refractivity (Wildman–Crippen MR) is 101 cm³/mol. The number of halogens is 3. The Morgan fingerprint density at radius 3 is 2.30 bits per heavy atom. The van der Waals surface area contributed by atoms with Crippen LogP contribution in [0.4, 0.5) is 13.2 Å². The van der Waals surface area contributed by atoms with Crippen molar-refractivity contribution in [3.63, 3.8) is 0 Å². The van der Waals surface area contributed by atoms with Crippen LogP contribution in [0.25, 0.3) is 0 Å². The van der Waals surface area contributed by atoms with Gasteiger partial charge in [0.2, 0.25) is 5.91 Å². The van der Waals surface area contributed by atoms with Crippen LogP contribution in [0.3, 0.4) is 0 Å². The standard InChI is InChI=1S/C17H30N2O4.C2HF3O2/c1-5-23-16(21)17-7-6-8-18(15(20)11-22-4)9-14(17)10-19(12-17)13(2)3;3-2(4,5)1(6)7/h13-14H,5-12H2,1-4H3;(H,6,7)/t14-,17-;/m0./s1. The fourth-order valence-corrected chi connectivity index (χ4v) is 3.91. The molecule has 2 fully saturated rings. The second kappa shape index (κ2) is 10.9. The lowest BCUT2D eigenvalue weighted by atomic mass is 9.75. The zero-order valence-corrected chi connectivity index (χ0v) is 17.8. The fraction of sp³-hybridized carbons (Fsp3) is 0.842. The molecule has 0 bridgehead atoms. The third-order valence-corrected chi connectivity index (χ3v) is 5.49. The molecule has 2 aliphatic heterocycles. The van der Waals surface area contributed by atoms with Crippen LogP contribution in [-0.4, -0.2) is 91.5 Å². The molecule has 30 heavy (non-hydrogen) atoms. The first kappa shape index (κ1) is 26.2. The van der Waals surface area contributed by atoms with E-state index < -0.39 is 17.6 Å². The second-order valence-corrected chi connectivity index (χ2v) is 7.78. The Morgan fingerprint density at radius 1 is 1.23 bits per heavy atom. The van der Waals surface area contributed by atoms with Crippen molar-refractivity contribution in [2.45, 2.75) is 45.8 Å². The third kappa shape index (κ3) is 6.56. The Bertz CT molecular complexity index is 614.